The maximum Gasteiger partial charge on any atom is 0.168 e. The number of aliphatic hydroxyl groups excluding tert-OH is 1. The zero-order valence-electron chi connectivity index (χ0n) is 9.52. The third-order valence-corrected chi connectivity index (χ3v) is 7.03. The number of rotatable bonds is 4. The molecule has 17 heavy (non-hydrogen) atoms. The van der Waals surface area contributed by atoms with Crippen LogP contribution >= 0.6 is 27.5 Å². The molecule has 1 aromatic rings. The molecule has 3 nitrogen and oxygen atoms in total. The van der Waals surface area contributed by atoms with E-state index in [4.69, 9.17) is 11.6 Å². The maximum atomic E-state index is 11.9. The molecule has 0 heterocycles. The third-order valence-electron chi connectivity index (χ3n) is 2.66. The first-order chi connectivity index (χ1) is 7.72. The summed E-state index contributed by atoms with van der Waals surface area (Å²) in [7, 11) is -3.42. The van der Waals surface area contributed by atoms with Crippen molar-refractivity contribution in [3.8, 4) is 0 Å². The monoisotopic (exact) mass is 340 g/mol. The molecule has 0 amide bonds. The molecule has 0 aliphatic rings. The van der Waals surface area contributed by atoms with E-state index in [0.29, 0.717) is 10.6 Å². The summed E-state index contributed by atoms with van der Waals surface area (Å²) in [6.45, 7) is 2.99. The van der Waals surface area contributed by atoms with E-state index in [0.717, 1.165) is 0 Å². The highest BCUT2D eigenvalue weighted by Crippen LogP contribution is 2.38. The van der Waals surface area contributed by atoms with E-state index in [1.54, 1.807) is 31.2 Å². The van der Waals surface area contributed by atoms with E-state index >= 15 is 0 Å². The molecule has 0 saturated heterocycles. The van der Waals surface area contributed by atoms with Crippen LogP contribution in [0.4, 0.5) is 0 Å². The fourth-order valence-electron chi connectivity index (χ4n) is 1.40. The Morgan fingerprint density at radius 2 is 1.88 bits per heavy atom. The van der Waals surface area contributed by atoms with Gasteiger partial charge >= 0.3 is 0 Å². The number of hydrogen-bond donors (Lipinski definition) is 1. The normalized spacial score (nSPS) is 17.5. The van der Waals surface area contributed by atoms with Crippen molar-refractivity contribution in [2.75, 3.05) is 5.75 Å². The predicted molar refractivity (Wildman–Crippen MR) is 73.2 cm³/mol. The topological polar surface area (TPSA) is 54.4 Å². The second kappa shape index (κ2) is 5.26. The number of hydrogen-bond acceptors (Lipinski definition) is 3. The lowest BCUT2D eigenvalue weighted by atomic mass is 10.1. The van der Waals surface area contributed by atoms with Crippen LogP contribution in [0.15, 0.2) is 24.3 Å². The Hall–Kier alpha value is -0.100. The van der Waals surface area contributed by atoms with E-state index < -0.39 is 19.6 Å². The van der Waals surface area contributed by atoms with E-state index in [-0.39, 0.29) is 5.75 Å². The van der Waals surface area contributed by atoms with Crippen LogP contribution in [-0.2, 0) is 9.84 Å². The van der Waals surface area contributed by atoms with Gasteiger partial charge in [-0.05, 0) is 24.6 Å². The summed E-state index contributed by atoms with van der Waals surface area (Å²) >= 11 is 8.85. The second-order valence-corrected chi connectivity index (χ2v) is 9.11. The van der Waals surface area contributed by atoms with Gasteiger partial charge in [0.05, 0.1) is 0 Å². The van der Waals surface area contributed by atoms with Gasteiger partial charge in [-0.2, -0.15) is 0 Å². The summed E-state index contributed by atoms with van der Waals surface area (Å²) in [6, 6.07) is 6.44. The first kappa shape index (κ1) is 15.0. The Morgan fingerprint density at radius 1 is 1.41 bits per heavy atom. The first-order valence-corrected chi connectivity index (χ1v) is 7.89. The van der Waals surface area contributed by atoms with E-state index in [1.807, 2.05) is 0 Å². The van der Waals surface area contributed by atoms with Gasteiger partial charge in [-0.15, -0.1) is 0 Å². The van der Waals surface area contributed by atoms with Crippen LogP contribution in [-0.4, -0.2) is 22.9 Å². The summed E-state index contributed by atoms with van der Waals surface area (Å²) in [6.07, 6.45) is -1.15. The van der Waals surface area contributed by atoms with Crippen molar-refractivity contribution >= 4 is 37.4 Å². The molecule has 0 bridgehead atoms. The maximum absolute atomic E-state index is 11.9. The van der Waals surface area contributed by atoms with Gasteiger partial charge in [-0.3, -0.25) is 0 Å². The molecule has 0 saturated carbocycles. The van der Waals surface area contributed by atoms with Crippen molar-refractivity contribution in [2.24, 2.45) is 0 Å². The predicted octanol–water partition coefficient (Wildman–Crippen LogP) is 2.92. The Balaban J connectivity index is 3.12. The average Bonchev–Trinajstić information content (AvgIpc) is 2.28. The fourth-order valence-corrected chi connectivity index (χ4v) is 3.51. The molecule has 0 radical (unpaired) electrons. The third kappa shape index (κ3) is 3.02. The van der Waals surface area contributed by atoms with Gasteiger partial charge in [0.25, 0.3) is 0 Å². The lowest BCUT2D eigenvalue weighted by Crippen LogP contribution is -2.36. The van der Waals surface area contributed by atoms with Crippen molar-refractivity contribution in [3.05, 3.63) is 34.9 Å². The lowest BCUT2D eigenvalue weighted by Gasteiger charge is -2.28. The molecule has 1 aromatic carbocycles. The largest absolute Gasteiger partial charge is 0.386 e. The molecule has 0 aliphatic heterocycles. The van der Waals surface area contributed by atoms with Gasteiger partial charge < -0.3 is 5.11 Å². The number of halogens is 2. The van der Waals surface area contributed by atoms with Crippen molar-refractivity contribution in [1.29, 1.82) is 0 Å². The number of sulfone groups is 1. The molecule has 96 valence electrons. The summed E-state index contributed by atoms with van der Waals surface area (Å²) in [5.74, 6) is -0.0423. The van der Waals surface area contributed by atoms with Gasteiger partial charge in [0, 0.05) is 10.8 Å². The highest BCUT2D eigenvalue weighted by atomic mass is 79.9. The molecule has 0 spiro atoms. The smallest absolute Gasteiger partial charge is 0.168 e. The van der Waals surface area contributed by atoms with Crippen LogP contribution in [0.25, 0.3) is 0 Å². The van der Waals surface area contributed by atoms with Crippen molar-refractivity contribution < 1.29 is 13.5 Å². The molecular weight excluding hydrogens is 328 g/mol. The molecule has 0 aliphatic carbocycles. The molecule has 0 aromatic heterocycles. The quantitative estimate of drug-likeness (QED) is 0.857. The zero-order chi connectivity index (χ0) is 13.3. The Kier molecular flexibility index (Phi) is 4.63. The van der Waals surface area contributed by atoms with Gasteiger partial charge in [0.1, 0.15) is 6.10 Å². The van der Waals surface area contributed by atoms with Gasteiger partial charge in [0.2, 0.25) is 0 Å². The van der Waals surface area contributed by atoms with Gasteiger partial charge in [-0.1, -0.05) is 46.6 Å². The van der Waals surface area contributed by atoms with Crippen LogP contribution in [0.5, 0.6) is 0 Å². The second-order valence-electron chi connectivity index (χ2n) is 3.84. The first-order valence-electron chi connectivity index (χ1n) is 5.07. The average molecular weight is 342 g/mol. The molecule has 1 rings (SSSR count). The summed E-state index contributed by atoms with van der Waals surface area (Å²) in [5.41, 5.74) is 0.505. The van der Waals surface area contributed by atoms with Crippen LogP contribution in [0.3, 0.4) is 0 Å². The SMILES string of the molecule is CCS(=O)(=O)[C@](C)(Br)[C@@H](O)c1ccc(Cl)cc1. The van der Waals surface area contributed by atoms with Crippen LogP contribution in [0, 0.1) is 0 Å². The van der Waals surface area contributed by atoms with E-state index in [2.05, 4.69) is 15.9 Å². The minimum atomic E-state index is -3.42. The highest BCUT2D eigenvalue weighted by Gasteiger charge is 2.42. The van der Waals surface area contributed by atoms with Gasteiger partial charge in [-0.25, -0.2) is 8.42 Å². The molecule has 2 atom stereocenters. The molecule has 6 heteroatoms. The highest BCUT2D eigenvalue weighted by molar-refractivity contribution is 9.11. The standard InChI is InChI=1S/C11H14BrClO3S/c1-3-17(15,16)11(2,12)10(14)8-4-6-9(13)7-5-8/h4-7,10,14H,3H2,1-2H3/t10-,11-/m0/s1. The van der Waals surface area contributed by atoms with Gasteiger partial charge in [0.15, 0.2) is 13.5 Å². The molecule has 0 fully saturated rings. The van der Waals surface area contributed by atoms with Crippen molar-refractivity contribution in [3.63, 3.8) is 0 Å². The zero-order valence-corrected chi connectivity index (χ0v) is 12.7. The summed E-state index contributed by atoms with van der Waals surface area (Å²) in [4.78, 5) is 0. The molecule has 1 N–H and O–H groups in total. The lowest BCUT2D eigenvalue weighted by molar-refractivity contribution is 0.167. The van der Waals surface area contributed by atoms with Crippen LogP contribution in [0.1, 0.15) is 25.5 Å². The molecular formula is C11H14BrClO3S. The Labute approximate surface area is 115 Å². The van der Waals surface area contributed by atoms with Crippen LogP contribution < -0.4 is 0 Å². The summed E-state index contributed by atoms with van der Waals surface area (Å²) in [5, 5.41) is 10.7. The van der Waals surface area contributed by atoms with Crippen LogP contribution in [0.2, 0.25) is 5.02 Å². The molecule has 0 unspecified atom stereocenters. The van der Waals surface area contributed by atoms with E-state index in [9.17, 15) is 13.5 Å². The number of alkyl halides is 1. The minimum Gasteiger partial charge on any atom is -0.386 e. The minimum absolute atomic E-state index is 0.0423. The van der Waals surface area contributed by atoms with Crippen molar-refractivity contribution in [1.82, 2.24) is 0 Å². The number of benzene rings is 1. The van der Waals surface area contributed by atoms with Crippen molar-refractivity contribution in [2.45, 2.75) is 23.6 Å². The number of aliphatic hydroxyl groups is 1. The Morgan fingerprint density at radius 3 is 2.29 bits per heavy atom. The van der Waals surface area contributed by atoms with E-state index in [1.165, 1.54) is 6.92 Å². The summed E-state index contributed by atoms with van der Waals surface area (Å²) < 4.78 is 22.3. The Bertz CT molecular complexity index is 482. The fraction of sp³-hybridized carbons (Fsp3) is 0.455.